The molecule has 2 nitrogen and oxygen atoms in total. The van der Waals surface area contributed by atoms with Crippen molar-refractivity contribution >= 4 is 48.2 Å². The van der Waals surface area contributed by atoms with E-state index in [1.165, 1.54) is 0 Å². The van der Waals surface area contributed by atoms with Gasteiger partial charge in [0.1, 0.15) is 0 Å². The minimum Gasteiger partial charge on any atom is -0.407 e. The normalized spacial score (nSPS) is 20.6. The van der Waals surface area contributed by atoms with Crippen LogP contribution in [0.2, 0.25) is 24.7 Å². The van der Waals surface area contributed by atoms with Crippen LogP contribution in [0.5, 0.6) is 0 Å². The molecule has 0 radical (unpaired) electrons. The molecule has 1 aliphatic rings. The minimum atomic E-state index is -1.75. The Morgan fingerprint density at radius 3 is 2.83 bits per heavy atom. The maximum atomic E-state index is 6.61. The molecule has 1 aromatic rings. The summed E-state index contributed by atoms with van der Waals surface area (Å²) in [6.07, 6.45) is 11.0. The highest BCUT2D eigenvalue weighted by atomic mass is 127. The van der Waals surface area contributed by atoms with Crippen molar-refractivity contribution < 1.29 is 4.43 Å². The van der Waals surface area contributed by atoms with Crippen molar-refractivity contribution in [1.29, 1.82) is 0 Å². The maximum absolute atomic E-state index is 6.61. The second-order valence-electron chi connectivity index (χ2n) is 6.82. The quantitative estimate of drug-likeness (QED) is 0.290. The Bertz CT molecular complexity index is 704. The van der Waals surface area contributed by atoms with E-state index >= 15 is 0 Å². The van der Waals surface area contributed by atoms with Crippen molar-refractivity contribution in [1.82, 2.24) is 0 Å². The van der Waals surface area contributed by atoms with E-state index in [0.717, 1.165) is 27.2 Å². The summed E-state index contributed by atoms with van der Waals surface area (Å²) in [6.45, 7) is 11.1. The highest BCUT2D eigenvalue weighted by Crippen LogP contribution is 2.33. The molecule has 1 heterocycles. The predicted octanol–water partition coefficient (Wildman–Crippen LogP) is 6.16. The lowest BCUT2D eigenvalue weighted by Gasteiger charge is -2.39. The first kappa shape index (κ1) is 19.5. The molecule has 1 aromatic carbocycles. The van der Waals surface area contributed by atoms with Gasteiger partial charge in [-0.1, -0.05) is 30.3 Å². The number of hydrogen-bond acceptors (Lipinski definition) is 2. The molecule has 1 aliphatic heterocycles. The van der Waals surface area contributed by atoms with E-state index in [2.05, 4.69) is 77.8 Å². The number of hydrogen-bond donors (Lipinski definition) is 0. The number of anilines is 1. The molecule has 128 valence electrons. The van der Waals surface area contributed by atoms with Crippen molar-refractivity contribution in [3.8, 4) is 0 Å². The fraction of sp³-hybridized carbons (Fsp3) is 0.316. The third kappa shape index (κ3) is 5.36. The van der Waals surface area contributed by atoms with Crippen molar-refractivity contribution in [2.24, 2.45) is 0 Å². The lowest BCUT2D eigenvalue weighted by atomic mass is 9.98. The monoisotopic (exact) mass is 471 g/mol. The van der Waals surface area contributed by atoms with Gasteiger partial charge < -0.3 is 9.33 Å². The van der Waals surface area contributed by atoms with Gasteiger partial charge in [-0.25, -0.2) is 0 Å². The van der Waals surface area contributed by atoms with Gasteiger partial charge in [-0.05, 0) is 72.6 Å². The molecule has 1 unspecified atom stereocenters. The zero-order valence-corrected chi connectivity index (χ0v) is 18.3. The fourth-order valence-corrected chi connectivity index (χ4v) is 4.99. The van der Waals surface area contributed by atoms with Crippen LogP contribution in [0.25, 0.3) is 0 Å². The van der Waals surface area contributed by atoms with Crippen LogP contribution in [-0.4, -0.2) is 20.5 Å². The smallest absolute Gasteiger partial charge is 0.185 e. The summed E-state index contributed by atoms with van der Waals surface area (Å²) in [7, 11) is -1.75. The lowest BCUT2D eigenvalue weighted by Crippen LogP contribution is -2.48. The summed E-state index contributed by atoms with van der Waals surface area (Å²) in [6, 6.07) is 5.95. The molecule has 0 spiro atoms. The number of rotatable bonds is 5. The Morgan fingerprint density at radius 2 is 2.17 bits per heavy atom. The molecule has 5 heteroatoms. The molecule has 0 saturated carbocycles. The summed E-state index contributed by atoms with van der Waals surface area (Å²) in [5.41, 5.74) is 3.58. The highest BCUT2D eigenvalue weighted by molar-refractivity contribution is 14.1. The predicted molar refractivity (Wildman–Crippen MR) is 115 cm³/mol. The summed E-state index contributed by atoms with van der Waals surface area (Å²) in [4.78, 5) is 2.21. The van der Waals surface area contributed by atoms with Gasteiger partial charge in [0.15, 0.2) is 8.32 Å². The molecule has 0 bridgehead atoms. The summed E-state index contributed by atoms with van der Waals surface area (Å²) in [5, 5.41) is 0.735. The van der Waals surface area contributed by atoms with Gasteiger partial charge in [-0.3, -0.25) is 0 Å². The molecule has 1 atom stereocenters. The van der Waals surface area contributed by atoms with E-state index in [1.807, 2.05) is 30.4 Å². The lowest BCUT2D eigenvalue weighted by molar-refractivity contribution is 0.124. The van der Waals surface area contributed by atoms with E-state index in [0.29, 0.717) is 0 Å². The molecule has 0 amide bonds. The first-order valence-electron chi connectivity index (χ1n) is 7.87. The first-order chi connectivity index (χ1) is 11.2. The molecule has 0 aromatic heterocycles. The van der Waals surface area contributed by atoms with Crippen LogP contribution in [0.3, 0.4) is 0 Å². The molecule has 24 heavy (non-hydrogen) atoms. The largest absolute Gasteiger partial charge is 0.407 e. The molecule has 0 saturated heterocycles. The van der Waals surface area contributed by atoms with Gasteiger partial charge in [0.2, 0.25) is 0 Å². The van der Waals surface area contributed by atoms with Gasteiger partial charge in [0.05, 0.1) is 17.8 Å². The molecule has 2 rings (SSSR count). The van der Waals surface area contributed by atoms with E-state index in [9.17, 15) is 0 Å². The molecule has 0 aliphatic carbocycles. The molecular formula is C19H23ClINOSi. The average Bonchev–Trinajstić information content (AvgIpc) is 2.69. The maximum Gasteiger partial charge on any atom is 0.185 e. The van der Waals surface area contributed by atoms with Crippen LogP contribution in [0.4, 0.5) is 5.69 Å². The molecular weight excluding hydrogens is 449 g/mol. The van der Waals surface area contributed by atoms with Gasteiger partial charge in [-0.2, -0.15) is 0 Å². The van der Waals surface area contributed by atoms with Crippen LogP contribution < -0.4 is 4.90 Å². The second kappa shape index (κ2) is 8.06. The Labute approximate surface area is 164 Å². The second-order valence-corrected chi connectivity index (χ2v) is 12.8. The zero-order chi connectivity index (χ0) is 17.8. The highest BCUT2D eigenvalue weighted by Gasteiger charge is 2.35. The third-order valence-corrected chi connectivity index (χ3v) is 5.70. The van der Waals surface area contributed by atoms with Crippen LogP contribution in [0.1, 0.15) is 6.42 Å². The number of allylic oxidation sites excluding steroid dienone is 2. The Kier molecular flexibility index (Phi) is 6.57. The standard InChI is InChI=1S/C19H23ClINOSi/c1-5-6-11-19(23-24(2,3)4)12-7-8-13-22(15-19)18-14-16(20)9-10-17(18)21/h6-10,12-14H,1,11,15H2,2-4H3. The van der Waals surface area contributed by atoms with E-state index in [1.54, 1.807) is 0 Å². The van der Waals surface area contributed by atoms with Crippen LogP contribution in [0.15, 0.2) is 61.0 Å². The third-order valence-electron chi connectivity index (χ3n) is 3.53. The molecule has 0 N–H and O–H groups in total. The van der Waals surface area contributed by atoms with Gasteiger partial charge in [0, 0.05) is 21.2 Å². The number of benzene rings is 1. The van der Waals surface area contributed by atoms with Gasteiger partial charge in [-0.15, -0.1) is 5.73 Å². The summed E-state index contributed by atoms with van der Waals surface area (Å²) in [5.74, 6) is 0. The van der Waals surface area contributed by atoms with Crippen LogP contribution in [0, 0.1) is 3.57 Å². The Hall–Kier alpha value is -0.783. The van der Waals surface area contributed by atoms with Crippen LogP contribution in [-0.2, 0) is 4.43 Å². The topological polar surface area (TPSA) is 12.5 Å². The fourth-order valence-electron chi connectivity index (χ4n) is 2.74. The minimum absolute atomic E-state index is 0.399. The van der Waals surface area contributed by atoms with Gasteiger partial charge in [0.25, 0.3) is 0 Å². The first-order valence-corrected chi connectivity index (χ1v) is 12.7. The Morgan fingerprint density at radius 1 is 1.42 bits per heavy atom. The summed E-state index contributed by atoms with van der Waals surface area (Å²) < 4.78 is 7.76. The van der Waals surface area contributed by atoms with E-state index in [-0.39, 0.29) is 0 Å². The van der Waals surface area contributed by atoms with Crippen molar-refractivity contribution in [3.05, 3.63) is 69.6 Å². The SMILES string of the molecule is C=C=CCC1(O[Si](C)(C)C)C=CC=CN(c2cc(Cl)ccc2I)C1. The van der Waals surface area contributed by atoms with Crippen molar-refractivity contribution in [2.75, 3.05) is 11.4 Å². The van der Waals surface area contributed by atoms with E-state index < -0.39 is 13.9 Å². The summed E-state index contributed by atoms with van der Waals surface area (Å²) >= 11 is 8.56. The molecule has 0 fully saturated rings. The average molecular weight is 472 g/mol. The van der Waals surface area contributed by atoms with Gasteiger partial charge >= 0.3 is 0 Å². The zero-order valence-electron chi connectivity index (χ0n) is 14.4. The van der Waals surface area contributed by atoms with Crippen LogP contribution >= 0.6 is 34.2 Å². The number of nitrogens with zero attached hydrogens (tertiary/aromatic N) is 1. The van der Waals surface area contributed by atoms with Crippen molar-refractivity contribution in [2.45, 2.75) is 31.7 Å². The Balaban J connectivity index is 2.42. The van der Waals surface area contributed by atoms with Crippen molar-refractivity contribution in [3.63, 3.8) is 0 Å². The van der Waals surface area contributed by atoms with E-state index in [4.69, 9.17) is 16.0 Å². The number of halogens is 2.